The van der Waals surface area contributed by atoms with E-state index in [1.54, 1.807) is 0 Å². The Labute approximate surface area is 339 Å². The molecule has 1 aromatic heterocycles. The van der Waals surface area contributed by atoms with Crippen LogP contribution in [0.15, 0.2) is 223 Å². The minimum atomic E-state index is -0.342. The highest BCUT2D eigenvalue weighted by Crippen LogP contribution is 2.54. The Bertz CT molecular complexity index is 2970. The molecule has 1 heterocycles. The molecule has 0 saturated carbocycles. The van der Waals surface area contributed by atoms with Crippen molar-refractivity contribution >= 4 is 21.9 Å². The molecule has 10 aromatic rings. The summed E-state index contributed by atoms with van der Waals surface area (Å²) in [7, 11) is 0. The zero-order valence-corrected chi connectivity index (χ0v) is 32.3. The lowest BCUT2D eigenvalue weighted by atomic mass is 9.74. The van der Waals surface area contributed by atoms with Crippen LogP contribution < -0.4 is 0 Å². The minimum absolute atomic E-state index is 0.0463. The van der Waals surface area contributed by atoms with Crippen LogP contribution in [-0.4, -0.2) is 0 Å². The lowest BCUT2D eigenvalue weighted by Gasteiger charge is -2.28. The number of rotatable bonds is 7. The Balaban J connectivity index is 1.00. The van der Waals surface area contributed by atoms with E-state index in [9.17, 15) is 0 Å². The van der Waals surface area contributed by atoms with Gasteiger partial charge in [-0.15, -0.1) is 0 Å². The van der Waals surface area contributed by atoms with Crippen molar-refractivity contribution < 1.29 is 4.42 Å². The Hall–Kier alpha value is -7.22. The number of benzene rings is 9. The molecule has 1 heteroatoms. The molecule has 274 valence electrons. The Morgan fingerprint density at radius 3 is 1.41 bits per heavy atom. The largest absolute Gasteiger partial charge is 0.456 e. The van der Waals surface area contributed by atoms with Crippen molar-refractivity contribution in [2.24, 2.45) is 0 Å². The Morgan fingerprint density at radius 2 is 0.810 bits per heavy atom. The van der Waals surface area contributed by atoms with Crippen LogP contribution in [0, 0.1) is 0 Å². The van der Waals surface area contributed by atoms with Gasteiger partial charge in [-0.25, -0.2) is 0 Å². The van der Waals surface area contributed by atoms with Crippen LogP contribution in [0.25, 0.3) is 66.4 Å². The van der Waals surface area contributed by atoms with E-state index in [0.717, 1.165) is 33.1 Å². The second-order valence-electron chi connectivity index (χ2n) is 15.7. The van der Waals surface area contributed by atoms with E-state index in [2.05, 4.69) is 225 Å². The van der Waals surface area contributed by atoms with Gasteiger partial charge in [0.25, 0.3) is 0 Å². The van der Waals surface area contributed by atoms with Crippen LogP contribution in [0.4, 0.5) is 0 Å². The van der Waals surface area contributed by atoms with Crippen molar-refractivity contribution in [2.45, 2.75) is 18.3 Å². The summed E-state index contributed by atoms with van der Waals surface area (Å²) in [6.07, 6.45) is 0. The molecule has 1 aliphatic carbocycles. The first-order valence-corrected chi connectivity index (χ1v) is 20.2. The van der Waals surface area contributed by atoms with E-state index in [0.29, 0.717) is 0 Å². The Morgan fingerprint density at radius 1 is 0.345 bits per heavy atom. The van der Waals surface area contributed by atoms with Gasteiger partial charge in [-0.2, -0.15) is 0 Å². The summed E-state index contributed by atoms with van der Waals surface area (Å²) in [5, 5.41) is 2.28. The fourth-order valence-electron chi connectivity index (χ4n) is 9.59. The number of furan rings is 1. The maximum Gasteiger partial charge on any atom is 0.139 e. The number of hydrogen-bond donors (Lipinski definition) is 0. The highest BCUT2D eigenvalue weighted by Gasteiger charge is 2.42. The van der Waals surface area contributed by atoms with Crippen LogP contribution in [0.5, 0.6) is 0 Å². The van der Waals surface area contributed by atoms with E-state index in [-0.39, 0.29) is 11.3 Å². The van der Waals surface area contributed by atoms with E-state index in [4.69, 9.17) is 4.42 Å². The van der Waals surface area contributed by atoms with Gasteiger partial charge >= 0.3 is 0 Å². The average Bonchev–Trinajstić information content (AvgIpc) is 3.80. The molecule has 0 fully saturated rings. The monoisotopic (exact) mass is 740 g/mol. The second-order valence-corrected chi connectivity index (χ2v) is 15.7. The van der Waals surface area contributed by atoms with Crippen molar-refractivity contribution in [1.29, 1.82) is 0 Å². The lowest BCUT2D eigenvalue weighted by Crippen LogP contribution is -2.22. The Kier molecular flexibility index (Phi) is 8.08. The first-order valence-electron chi connectivity index (χ1n) is 20.2. The highest BCUT2D eigenvalue weighted by molar-refractivity contribution is 6.08. The first-order chi connectivity index (χ1) is 28.6. The van der Waals surface area contributed by atoms with Crippen molar-refractivity contribution in [1.82, 2.24) is 0 Å². The predicted octanol–water partition coefficient (Wildman–Crippen LogP) is 15.1. The predicted molar refractivity (Wildman–Crippen MR) is 241 cm³/mol. The van der Waals surface area contributed by atoms with Crippen molar-refractivity contribution in [2.75, 3.05) is 0 Å². The summed E-state index contributed by atoms with van der Waals surface area (Å²) < 4.78 is 6.97. The third kappa shape index (κ3) is 5.54. The molecule has 0 radical (unpaired) electrons. The third-order valence-corrected chi connectivity index (χ3v) is 12.5. The third-order valence-electron chi connectivity index (χ3n) is 12.5. The summed E-state index contributed by atoms with van der Waals surface area (Å²) in [4.78, 5) is 0. The summed E-state index contributed by atoms with van der Waals surface area (Å²) in [6, 6.07) is 79.5. The van der Waals surface area contributed by atoms with E-state index < -0.39 is 0 Å². The van der Waals surface area contributed by atoms with Crippen LogP contribution in [0.3, 0.4) is 0 Å². The number of hydrogen-bond acceptors (Lipinski definition) is 1. The fraction of sp³-hybridized carbons (Fsp3) is 0.0526. The maximum atomic E-state index is 6.97. The molecule has 1 aliphatic rings. The SMILES string of the molecule is CC1(c2cccc3c2oc2cc(-c4cccc(C(c5ccc(-c6ccccc6)cc5)c5ccc(-c6ccccc6)cc5)c4)ccc23)c2ccccc2-c2ccccc21. The van der Waals surface area contributed by atoms with Gasteiger partial charge in [0.1, 0.15) is 11.2 Å². The molecular formula is C57H40O. The summed E-state index contributed by atoms with van der Waals surface area (Å²) >= 11 is 0. The van der Waals surface area contributed by atoms with Gasteiger partial charge in [-0.3, -0.25) is 0 Å². The highest BCUT2D eigenvalue weighted by atomic mass is 16.3. The molecule has 0 atom stereocenters. The molecule has 0 bridgehead atoms. The van der Waals surface area contributed by atoms with Crippen molar-refractivity contribution in [3.8, 4) is 44.5 Å². The van der Waals surface area contributed by atoms with Gasteiger partial charge in [-0.1, -0.05) is 206 Å². The van der Waals surface area contributed by atoms with Crippen LogP contribution in [-0.2, 0) is 5.41 Å². The summed E-state index contributed by atoms with van der Waals surface area (Å²) in [6.45, 7) is 2.36. The number of fused-ring (bicyclic) bond motifs is 6. The molecular weight excluding hydrogens is 701 g/mol. The molecule has 11 rings (SSSR count). The fourth-order valence-corrected chi connectivity index (χ4v) is 9.59. The van der Waals surface area contributed by atoms with Crippen LogP contribution >= 0.6 is 0 Å². The molecule has 0 saturated heterocycles. The summed E-state index contributed by atoms with van der Waals surface area (Å²) in [5.74, 6) is 0.0463. The maximum absolute atomic E-state index is 6.97. The van der Waals surface area contributed by atoms with Gasteiger partial charge < -0.3 is 4.42 Å². The van der Waals surface area contributed by atoms with E-state index >= 15 is 0 Å². The smallest absolute Gasteiger partial charge is 0.139 e. The minimum Gasteiger partial charge on any atom is -0.456 e. The molecule has 0 amide bonds. The quantitative estimate of drug-likeness (QED) is 0.148. The standard InChI is InChI=1S/C57H40O/c1-57(51-23-10-8-20-47(51)48-21-9-11-24-52(48)57)53-25-13-22-50-49-35-34-45(37-54(49)58-56(50)53)44-18-12-19-46(36-44)55(42-30-26-40(27-31-42)38-14-4-2-5-15-38)43-32-28-41(29-33-43)39-16-6-3-7-17-39/h2-37,55H,1H3. The average molecular weight is 741 g/mol. The van der Waals surface area contributed by atoms with Gasteiger partial charge in [0.2, 0.25) is 0 Å². The second kappa shape index (κ2) is 13.8. The normalized spacial score (nSPS) is 12.9. The van der Waals surface area contributed by atoms with Gasteiger partial charge in [0.05, 0.1) is 0 Å². The topological polar surface area (TPSA) is 13.1 Å². The molecule has 0 N–H and O–H groups in total. The summed E-state index contributed by atoms with van der Waals surface area (Å²) in [5.41, 5.74) is 18.9. The van der Waals surface area contributed by atoms with E-state index in [1.165, 1.54) is 66.8 Å². The van der Waals surface area contributed by atoms with E-state index in [1.807, 2.05) is 0 Å². The first kappa shape index (κ1) is 34.1. The van der Waals surface area contributed by atoms with Gasteiger partial charge in [0, 0.05) is 27.7 Å². The van der Waals surface area contributed by atoms with Crippen LogP contribution in [0.1, 0.15) is 46.2 Å². The van der Waals surface area contributed by atoms with Gasteiger partial charge in [-0.05, 0) is 91.4 Å². The number of para-hydroxylation sites is 1. The molecule has 0 spiro atoms. The zero-order valence-electron chi connectivity index (χ0n) is 32.3. The zero-order chi connectivity index (χ0) is 38.6. The van der Waals surface area contributed by atoms with Gasteiger partial charge in [0.15, 0.2) is 0 Å². The molecule has 58 heavy (non-hydrogen) atoms. The molecule has 9 aromatic carbocycles. The van der Waals surface area contributed by atoms with Crippen molar-refractivity contribution in [3.05, 3.63) is 252 Å². The molecule has 0 aliphatic heterocycles. The lowest BCUT2D eigenvalue weighted by molar-refractivity contribution is 0.638. The molecule has 0 unspecified atom stereocenters. The molecule has 1 nitrogen and oxygen atoms in total. The van der Waals surface area contributed by atoms with Crippen LogP contribution in [0.2, 0.25) is 0 Å². The van der Waals surface area contributed by atoms with Crippen molar-refractivity contribution in [3.63, 3.8) is 0 Å².